The van der Waals surface area contributed by atoms with Crippen molar-refractivity contribution >= 4 is 36.6 Å². The van der Waals surface area contributed by atoms with E-state index in [2.05, 4.69) is 0 Å². The fourth-order valence-electron chi connectivity index (χ4n) is 3.49. The minimum absolute atomic E-state index is 0.173. The molecular weight excluding hydrogens is 286 g/mol. The SMILES string of the molecule is O=C(C(Cl)Cl)P(C1CCCCC1)C1CCCCC1. The molecule has 0 atom stereocenters. The minimum atomic E-state index is -0.792. The van der Waals surface area contributed by atoms with E-state index in [4.69, 9.17) is 23.2 Å². The van der Waals surface area contributed by atoms with Crippen LogP contribution >= 0.6 is 31.1 Å². The van der Waals surface area contributed by atoms with Crippen molar-refractivity contribution < 1.29 is 4.79 Å². The molecule has 0 amide bonds. The zero-order chi connectivity index (χ0) is 13.0. The monoisotopic (exact) mass is 308 g/mol. The van der Waals surface area contributed by atoms with Gasteiger partial charge in [-0.15, -0.1) is 0 Å². The molecule has 0 bridgehead atoms. The van der Waals surface area contributed by atoms with Crippen LogP contribution in [0.3, 0.4) is 0 Å². The van der Waals surface area contributed by atoms with E-state index < -0.39 is 12.8 Å². The predicted octanol–water partition coefficient (Wildman–Crippen LogP) is 5.46. The number of rotatable bonds is 4. The minimum Gasteiger partial charge on any atom is -0.291 e. The van der Waals surface area contributed by atoms with Crippen LogP contribution in [0.15, 0.2) is 0 Å². The van der Waals surface area contributed by atoms with Crippen LogP contribution in [0.4, 0.5) is 0 Å². The summed E-state index contributed by atoms with van der Waals surface area (Å²) in [4.78, 5) is 11.6. The van der Waals surface area contributed by atoms with Crippen molar-refractivity contribution in [3.05, 3.63) is 0 Å². The molecule has 0 radical (unpaired) electrons. The summed E-state index contributed by atoms with van der Waals surface area (Å²) in [6.07, 6.45) is 12.8. The summed E-state index contributed by atoms with van der Waals surface area (Å²) < 4.78 is 0. The Bertz CT molecular complexity index is 253. The molecule has 104 valence electrons. The van der Waals surface area contributed by atoms with E-state index in [1.807, 2.05) is 0 Å². The summed E-state index contributed by atoms with van der Waals surface area (Å²) in [6, 6.07) is 0. The first-order chi connectivity index (χ1) is 8.70. The van der Waals surface area contributed by atoms with E-state index in [-0.39, 0.29) is 5.52 Å². The van der Waals surface area contributed by atoms with Gasteiger partial charge in [-0.2, -0.15) is 0 Å². The van der Waals surface area contributed by atoms with Gasteiger partial charge in [-0.3, -0.25) is 4.79 Å². The van der Waals surface area contributed by atoms with E-state index in [1.165, 1.54) is 64.2 Å². The van der Waals surface area contributed by atoms with Crippen molar-refractivity contribution in [2.75, 3.05) is 0 Å². The Kier molecular flexibility index (Phi) is 6.25. The van der Waals surface area contributed by atoms with Gasteiger partial charge in [-0.25, -0.2) is 0 Å². The maximum Gasteiger partial charge on any atom is 0.187 e. The van der Waals surface area contributed by atoms with Gasteiger partial charge < -0.3 is 0 Å². The van der Waals surface area contributed by atoms with E-state index >= 15 is 0 Å². The number of halogens is 2. The standard InChI is InChI=1S/C14H23Cl2OP/c15-13(16)14(17)18(11-7-3-1-4-8-11)12-9-5-2-6-10-12/h11-13H,1-10H2. The van der Waals surface area contributed by atoms with Crippen LogP contribution in [0.5, 0.6) is 0 Å². The lowest BCUT2D eigenvalue weighted by Crippen LogP contribution is -2.26. The van der Waals surface area contributed by atoms with Gasteiger partial charge in [0.15, 0.2) is 10.4 Å². The molecule has 0 aromatic carbocycles. The number of hydrogen-bond donors (Lipinski definition) is 0. The van der Waals surface area contributed by atoms with Crippen LogP contribution in [0, 0.1) is 0 Å². The number of alkyl halides is 2. The number of hydrogen-bond acceptors (Lipinski definition) is 1. The first-order valence-electron chi connectivity index (χ1n) is 7.30. The first-order valence-corrected chi connectivity index (χ1v) is 9.66. The highest BCUT2D eigenvalue weighted by Crippen LogP contribution is 2.57. The largest absolute Gasteiger partial charge is 0.291 e. The summed E-state index contributed by atoms with van der Waals surface area (Å²) in [6.45, 7) is 0. The highest BCUT2D eigenvalue weighted by atomic mass is 35.5. The van der Waals surface area contributed by atoms with Gasteiger partial charge in [0.25, 0.3) is 0 Å². The Morgan fingerprint density at radius 2 is 1.22 bits per heavy atom. The van der Waals surface area contributed by atoms with Crippen molar-refractivity contribution in [2.24, 2.45) is 0 Å². The van der Waals surface area contributed by atoms with Crippen molar-refractivity contribution in [1.29, 1.82) is 0 Å². The van der Waals surface area contributed by atoms with Crippen LogP contribution < -0.4 is 0 Å². The topological polar surface area (TPSA) is 17.1 Å². The summed E-state index contributed by atoms with van der Waals surface area (Å²) in [5.41, 5.74) is 1.40. The van der Waals surface area contributed by atoms with Crippen molar-refractivity contribution in [2.45, 2.75) is 80.4 Å². The van der Waals surface area contributed by atoms with Crippen LogP contribution in [-0.4, -0.2) is 21.7 Å². The molecule has 0 unspecified atom stereocenters. The second-order valence-electron chi connectivity index (χ2n) is 5.63. The van der Waals surface area contributed by atoms with Gasteiger partial charge >= 0.3 is 0 Å². The zero-order valence-corrected chi connectivity index (χ0v) is 13.3. The zero-order valence-electron chi connectivity index (χ0n) is 10.9. The molecule has 0 spiro atoms. The molecule has 4 heteroatoms. The Morgan fingerprint density at radius 1 is 0.833 bits per heavy atom. The number of carbonyl (C=O) groups is 1. The maximum atomic E-state index is 12.4. The number of carbonyl (C=O) groups excluding carboxylic acids is 1. The molecule has 2 aliphatic rings. The van der Waals surface area contributed by atoms with Crippen LogP contribution in [0.25, 0.3) is 0 Å². The lowest BCUT2D eigenvalue weighted by molar-refractivity contribution is -0.110. The van der Waals surface area contributed by atoms with Gasteiger partial charge in [0.2, 0.25) is 0 Å². The van der Waals surface area contributed by atoms with Crippen LogP contribution in [0.2, 0.25) is 0 Å². The molecule has 1 nitrogen and oxygen atoms in total. The second kappa shape index (κ2) is 7.46. The van der Waals surface area contributed by atoms with Crippen LogP contribution in [-0.2, 0) is 4.79 Å². The summed E-state index contributed by atoms with van der Waals surface area (Å²) >= 11 is 11.8. The molecule has 2 rings (SSSR count). The Morgan fingerprint density at radius 3 is 1.56 bits per heavy atom. The molecule has 0 heterocycles. The van der Waals surface area contributed by atoms with Crippen molar-refractivity contribution in [1.82, 2.24) is 0 Å². The summed E-state index contributed by atoms with van der Waals surface area (Å²) in [5.74, 6) is 0. The molecule has 0 aromatic heterocycles. The summed E-state index contributed by atoms with van der Waals surface area (Å²) in [5, 5.41) is 0. The molecule has 18 heavy (non-hydrogen) atoms. The van der Waals surface area contributed by atoms with Crippen molar-refractivity contribution in [3.8, 4) is 0 Å². The fraction of sp³-hybridized carbons (Fsp3) is 0.929. The quantitative estimate of drug-likeness (QED) is 0.497. The lowest BCUT2D eigenvalue weighted by Gasteiger charge is -2.37. The average molecular weight is 309 g/mol. The first kappa shape index (κ1) is 15.1. The average Bonchev–Trinajstić information content (AvgIpc) is 2.41. The smallest absolute Gasteiger partial charge is 0.187 e. The predicted molar refractivity (Wildman–Crippen MR) is 81.2 cm³/mol. The van der Waals surface area contributed by atoms with Gasteiger partial charge in [0.1, 0.15) is 0 Å². The Balaban J connectivity index is 2.07. The third kappa shape index (κ3) is 3.84. The van der Waals surface area contributed by atoms with Gasteiger partial charge in [0.05, 0.1) is 0 Å². The molecule has 0 aliphatic heterocycles. The molecule has 0 N–H and O–H groups in total. The lowest BCUT2D eigenvalue weighted by atomic mass is 9.99. The Labute approximate surface area is 122 Å². The highest BCUT2D eigenvalue weighted by Gasteiger charge is 2.37. The van der Waals surface area contributed by atoms with E-state index in [0.29, 0.717) is 11.3 Å². The molecule has 0 saturated heterocycles. The van der Waals surface area contributed by atoms with Crippen LogP contribution in [0.1, 0.15) is 64.2 Å². The third-order valence-electron chi connectivity index (χ3n) is 4.38. The maximum absolute atomic E-state index is 12.4. The van der Waals surface area contributed by atoms with Gasteiger partial charge in [-0.05, 0) is 44.9 Å². The van der Waals surface area contributed by atoms with Crippen molar-refractivity contribution in [3.63, 3.8) is 0 Å². The van der Waals surface area contributed by atoms with E-state index in [9.17, 15) is 4.79 Å². The van der Waals surface area contributed by atoms with E-state index in [0.717, 1.165) is 0 Å². The third-order valence-corrected chi connectivity index (χ3v) is 8.45. The Hall–Kier alpha value is 0.680. The second-order valence-corrected chi connectivity index (χ2v) is 9.44. The fourth-order valence-corrected chi connectivity index (χ4v) is 7.55. The molecule has 2 saturated carbocycles. The molecule has 0 aromatic rings. The summed E-state index contributed by atoms with van der Waals surface area (Å²) in [7, 11) is -0.600. The molecule has 2 aliphatic carbocycles. The van der Waals surface area contributed by atoms with E-state index in [1.54, 1.807) is 0 Å². The normalized spacial score (nSPS) is 23.8. The van der Waals surface area contributed by atoms with Gasteiger partial charge in [-0.1, -0.05) is 61.7 Å². The molecule has 2 fully saturated rings. The molecular formula is C14H23Cl2OP. The highest BCUT2D eigenvalue weighted by molar-refractivity contribution is 7.76. The van der Waals surface area contributed by atoms with Gasteiger partial charge in [0, 0.05) is 0 Å².